The standard InChI is InChI=1S/C19H11Br2ClO4/c1-24-18-9-6-12-14(7-10(9)19(25-2)16(21)15(18)20)26-13-4-3-8(22)5-11(13)17(12)23/h3-7H,1-2H3. The second kappa shape index (κ2) is 6.44. The molecule has 0 aliphatic heterocycles. The molecule has 0 aliphatic rings. The Hall–Kier alpha value is -1.76. The number of benzene rings is 3. The monoisotopic (exact) mass is 496 g/mol. The number of rotatable bonds is 2. The van der Waals surface area contributed by atoms with Crippen molar-refractivity contribution in [3.05, 3.63) is 54.5 Å². The van der Waals surface area contributed by atoms with Gasteiger partial charge in [-0.15, -0.1) is 0 Å². The molecule has 0 saturated heterocycles. The zero-order chi connectivity index (χ0) is 18.6. The Kier molecular flexibility index (Phi) is 4.37. The first-order valence-electron chi connectivity index (χ1n) is 7.55. The van der Waals surface area contributed by atoms with Gasteiger partial charge in [-0.3, -0.25) is 4.79 Å². The Morgan fingerprint density at radius 3 is 2.04 bits per heavy atom. The Morgan fingerprint density at radius 2 is 1.42 bits per heavy atom. The molecule has 0 atom stereocenters. The molecule has 0 bridgehead atoms. The first-order valence-corrected chi connectivity index (χ1v) is 9.51. The summed E-state index contributed by atoms with van der Waals surface area (Å²) in [5.41, 5.74) is 0.797. The molecule has 0 amide bonds. The average Bonchev–Trinajstić information content (AvgIpc) is 2.63. The highest BCUT2D eigenvalue weighted by Gasteiger charge is 2.20. The second-order valence-corrected chi connectivity index (χ2v) is 7.68. The number of hydrogen-bond donors (Lipinski definition) is 0. The lowest BCUT2D eigenvalue weighted by atomic mass is 10.0. The molecule has 1 heterocycles. The third-order valence-electron chi connectivity index (χ3n) is 4.26. The lowest BCUT2D eigenvalue weighted by Crippen LogP contribution is -2.03. The summed E-state index contributed by atoms with van der Waals surface area (Å²) in [6.45, 7) is 0. The van der Waals surface area contributed by atoms with Crippen LogP contribution in [0.25, 0.3) is 32.7 Å². The van der Waals surface area contributed by atoms with Crippen LogP contribution in [0.15, 0.2) is 48.5 Å². The Morgan fingerprint density at radius 1 is 0.846 bits per heavy atom. The summed E-state index contributed by atoms with van der Waals surface area (Å²) in [7, 11) is 3.16. The molecule has 132 valence electrons. The highest BCUT2D eigenvalue weighted by molar-refractivity contribution is 9.13. The molecule has 0 spiro atoms. The smallest absolute Gasteiger partial charge is 0.200 e. The predicted octanol–water partition coefficient (Wildman–Crippen LogP) is 6.30. The van der Waals surface area contributed by atoms with Gasteiger partial charge in [-0.1, -0.05) is 11.6 Å². The van der Waals surface area contributed by atoms with E-state index in [1.807, 2.05) is 0 Å². The molecule has 0 radical (unpaired) electrons. The fourth-order valence-electron chi connectivity index (χ4n) is 3.08. The summed E-state index contributed by atoms with van der Waals surface area (Å²) in [6, 6.07) is 8.55. The van der Waals surface area contributed by atoms with Crippen molar-refractivity contribution in [3.8, 4) is 11.5 Å². The van der Waals surface area contributed by atoms with Crippen molar-refractivity contribution in [2.45, 2.75) is 0 Å². The molecular formula is C19H11Br2ClO4. The third kappa shape index (κ3) is 2.51. The number of methoxy groups -OCH3 is 2. The summed E-state index contributed by atoms with van der Waals surface area (Å²) in [5.74, 6) is 1.22. The van der Waals surface area contributed by atoms with Crippen LogP contribution >= 0.6 is 43.5 Å². The Balaban J connectivity index is 2.26. The van der Waals surface area contributed by atoms with Crippen molar-refractivity contribution >= 4 is 76.2 Å². The maximum Gasteiger partial charge on any atom is 0.200 e. The van der Waals surface area contributed by atoms with Gasteiger partial charge in [0.2, 0.25) is 5.43 Å². The van der Waals surface area contributed by atoms with E-state index in [1.54, 1.807) is 44.6 Å². The third-order valence-corrected chi connectivity index (χ3v) is 6.54. The van der Waals surface area contributed by atoms with Gasteiger partial charge in [0, 0.05) is 15.8 Å². The Labute approximate surface area is 169 Å². The first-order chi connectivity index (χ1) is 12.5. The van der Waals surface area contributed by atoms with Crippen molar-refractivity contribution in [2.24, 2.45) is 0 Å². The maximum absolute atomic E-state index is 13.0. The number of hydrogen-bond acceptors (Lipinski definition) is 4. The van der Waals surface area contributed by atoms with Gasteiger partial charge in [-0.05, 0) is 62.2 Å². The normalized spacial score (nSPS) is 11.4. The molecule has 0 aliphatic carbocycles. The largest absolute Gasteiger partial charge is 0.495 e. The predicted molar refractivity (Wildman–Crippen MR) is 111 cm³/mol. The van der Waals surface area contributed by atoms with Gasteiger partial charge in [0.05, 0.1) is 33.9 Å². The van der Waals surface area contributed by atoms with E-state index in [9.17, 15) is 4.79 Å². The zero-order valence-corrected chi connectivity index (χ0v) is 17.6. The minimum Gasteiger partial charge on any atom is -0.495 e. The second-order valence-electron chi connectivity index (χ2n) is 5.66. The van der Waals surface area contributed by atoms with Crippen LogP contribution in [0.5, 0.6) is 11.5 Å². The molecule has 0 N–H and O–H groups in total. The van der Waals surface area contributed by atoms with E-state index in [2.05, 4.69) is 31.9 Å². The van der Waals surface area contributed by atoms with E-state index >= 15 is 0 Å². The minimum absolute atomic E-state index is 0.147. The van der Waals surface area contributed by atoms with Gasteiger partial charge < -0.3 is 13.9 Å². The van der Waals surface area contributed by atoms with E-state index in [4.69, 9.17) is 25.5 Å². The van der Waals surface area contributed by atoms with Gasteiger partial charge >= 0.3 is 0 Å². The SMILES string of the molecule is COc1c(Br)c(Br)c(OC)c2cc3c(=O)c4cc(Cl)ccc4oc3cc12. The molecule has 0 saturated carbocycles. The van der Waals surface area contributed by atoms with Gasteiger partial charge in [0.25, 0.3) is 0 Å². The van der Waals surface area contributed by atoms with Crippen LogP contribution < -0.4 is 14.9 Å². The Bertz CT molecular complexity index is 1260. The molecule has 4 rings (SSSR count). The molecule has 1 aromatic heterocycles. The van der Waals surface area contributed by atoms with Gasteiger partial charge in [-0.2, -0.15) is 0 Å². The molecule has 0 unspecified atom stereocenters. The lowest BCUT2D eigenvalue weighted by molar-refractivity contribution is 0.406. The number of fused-ring (bicyclic) bond motifs is 3. The quantitative estimate of drug-likeness (QED) is 0.305. The van der Waals surface area contributed by atoms with Crippen LogP contribution in [-0.2, 0) is 0 Å². The van der Waals surface area contributed by atoms with Gasteiger partial charge in [0.1, 0.15) is 22.7 Å². The van der Waals surface area contributed by atoms with Crippen LogP contribution in [0.3, 0.4) is 0 Å². The van der Waals surface area contributed by atoms with Crippen molar-refractivity contribution < 1.29 is 13.9 Å². The van der Waals surface area contributed by atoms with Crippen LogP contribution in [0.4, 0.5) is 0 Å². The molecule has 26 heavy (non-hydrogen) atoms. The van der Waals surface area contributed by atoms with Crippen LogP contribution in [0.2, 0.25) is 5.02 Å². The fourth-order valence-corrected chi connectivity index (χ4v) is 4.37. The number of halogens is 3. The van der Waals surface area contributed by atoms with Crippen LogP contribution in [0.1, 0.15) is 0 Å². The van der Waals surface area contributed by atoms with Gasteiger partial charge in [0.15, 0.2) is 0 Å². The molecule has 7 heteroatoms. The van der Waals surface area contributed by atoms with Crippen LogP contribution in [-0.4, -0.2) is 14.2 Å². The van der Waals surface area contributed by atoms with Crippen molar-refractivity contribution in [2.75, 3.05) is 14.2 Å². The van der Waals surface area contributed by atoms with Crippen LogP contribution in [0, 0.1) is 0 Å². The van der Waals surface area contributed by atoms with E-state index in [0.29, 0.717) is 42.9 Å². The van der Waals surface area contributed by atoms with Crippen molar-refractivity contribution in [1.82, 2.24) is 0 Å². The van der Waals surface area contributed by atoms with E-state index in [-0.39, 0.29) is 5.43 Å². The maximum atomic E-state index is 13.0. The summed E-state index contributed by atoms with van der Waals surface area (Å²) in [6.07, 6.45) is 0. The topological polar surface area (TPSA) is 48.7 Å². The number of ether oxygens (including phenoxy) is 2. The summed E-state index contributed by atoms with van der Waals surface area (Å²) < 4.78 is 18.5. The van der Waals surface area contributed by atoms with Gasteiger partial charge in [-0.25, -0.2) is 0 Å². The molecule has 4 nitrogen and oxygen atoms in total. The lowest BCUT2D eigenvalue weighted by Gasteiger charge is -2.15. The molecule has 0 fully saturated rings. The van der Waals surface area contributed by atoms with Crippen molar-refractivity contribution in [3.63, 3.8) is 0 Å². The zero-order valence-electron chi connectivity index (χ0n) is 13.7. The highest BCUT2D eigenvalue weighted by Crippen LogP contribution is 2.47. The summed E-state index contributed by atoms with van der Waals surface area (Å²) in [4.78, 5) is 13.0. The molecular weight excluding hydrogens is 487 g/mol. The fraction of sp³-hybridized carbons (Fsp3) is 0.105. The molecule has 4 aromatic rings. The molecule has 3 aromatic carbocycles. The van der Waals surface area contributed by atoms with E-state index in [1.165, 1.54) is 0 Å². The van der Waals surface area contributed by atoms with E-state index in [0.717, 1.165) is 15.2 Å². The van der Waals surface area contributed by atoms with Crippen molar-refractivity contribution in [1.29, 1.82) is 0 Å². The minimum atomic E-state index is -0.147. The average molecular weight is 499 g/mol. The first kappa shape index (κ1) is 17.6. The summed E-state index contributed by atoms with van der Waals surface area (Å²) in [5, 5.41) is 2.87. The van der Waals surface area contributed by atoms with E-state index < -0.39 is 0 Å². The highest BCUT2D eigenvalue weighted by atomic mass is 79.9. The summed E-state index contributed by atoms with van der Waals surface area (Å²) >= 11 is 13.1.